The van der Waals surface area contributed by atoms with E-state index in [-0.39, 0.29) is 5.91 Å². The zero-order chi connectivity index (χ0) is 12.1. The Balaban J connectivity index is 1.81. The molecular weight excluding hydrogens is 256 g/mol. The fourth-order valence-electron chi connectivity index (χ4n) is 1.25. The summed E-state index contributed by atoms with van der Waals surface area (Å²) < 4.78 is 0. The van der Waals surface area contributed by atoms with Gasteiger partial charge in [0.1, 0.15) is 0 Å². The van der Waals surface area contributed by atoms with Crippen LogP contribution in [0.25, 0.3) is 0 Å². The normalized spacial score (nSPS) is 10.2. The Morgan fingerprint density at radius 1 is 1.47 bits per heavy atom. The minimum Gasteiger partial charge on any atom is -0.363 e. The minimum atomic E-state index is -0.166. The molecule has 0 aliphatic heterocycles. The number of carbonyl (C=O) groups is 1. The molecule has 2 rings (SSSR count). The lowest BCUT2D eigenvalue weighted by atomic mass is 10.3. The number of carbonyl (C=O) groups excluding carboxylic acids is 1. The van der Waals surface area contributed by atoms with Crippen LogP contribution in [0.3, 0.4) is 0 Å². The predicted molar refractivity (Wildman–Crippen MR) is 69.8 cm³/mol. The first kappa shape index (κ1) is 12.0. The van der Waals surface area contributed by atoms with E-state index in [2.05, 4.69) is 26.9 Å². The largest absolute Gasteiger partial charge is 0.363 e. The van der Waals surface area contributed by atoms with E-state index in [1.54, 1.807) is 18.4 Å². The van der Waals surface area contributed by atoms with Gasteiger partial charge in [-0.2, -0.15) is 0 Å². The summed E-state index contributed by atoms with van der Waals surface area (Å²) in [5.74, 6) is -0.166. The molecule has 0 saturated carbocycles. The second kappa shape index (κ2) is 5.74. The Morgan fingerprint density at radius 2 is 2.35 bits per heavy atom. The third-order valence-corrected chi connectivity index (χ3v) is 3.95. The molecule has 0 aliphatic rings. The van der Waals surface area contributed by atoms with Gasteiger partial charge in [0.05, 0.1) is 0 Å². The van der Waals surface area contributed by atoms with Crippen LogP contribution in [0.4, 0.5) is 5.13 Å². The molecule has 0 unspecified atom stereocenters. The molecule has 0 spiro atoms. The lowest BCUT2D eigenvalue weighted by Gasteiger charge is -2.00. The molecule has 0 radical (unpaired) electrons. The van der Waals surface area contributed by atoms with Crippen LogP contribution in [0.1, 0.15) is 14.7 Å². The van der Waals surface area contributed by atoms with Gasteiger partial charge in [0, 0.05) is 18.5 Å². The maximum Gasteiger partial charge on any atom is 0.282 e. The van der Waals surface area contributed by atoms with Crippen LogP contribution >= 0.6 is 22.7 Å². The van der Waals surface area contributed by atoms with E-state index in [0.717, 1.165) is 6.42 Å². The molecular formula is C10H12N4OS2. The molecule has 7 heteroatoms. The second-order valence-electron chi connectivity index (χ2n) is 3.25. The summed E-state index contributed by atoms with van der Waals surface area (Å²) >= 11 is 2.94. The van der Waals surface area contributed by atoms with Crippen LogP contribution in [0.15, 0.2) is 17.5 Å². The van der Waals surface area contributed by atoms with Crippen LogP contribution in [-0.2, 0) is 6.42 Å². The molecule has 2 aromatic heterocycles. The van der Waals surface area contributed by atoms with Crippen molar-refractivity contribution in [2.75, 3.05) is 18.9 Å². The van der Waals surface area contributed by atoms with Crippen LogP contribution < -0.4 is 10.6 Å². The molecule has 17 heavy (non-hydrogen) atoms. The number of anilines is 1. The summed E-state index contributed by atoms with van der Waals surface area (Å²) in [6.45, 7) is 0.619. The van der Waals surface area contributed by atoms with Crippen LogP contribution in [-0.4, -0.2) is 29.7 Å². The van der Waals surface area contributed by atoms with Gasteiger partial charge in [-0.05, 0) is 17.9 Å². The van der Waals surface area contributed by atoms with Gasteiger partial charge in [-0.3, -0.25) is 4.79 Å². The van der Waals surface area contributed by atoms with Gasteiger partial charge in [0.2, 0.25) is 10.1 Å². The number of hydrogen-bond donors (Lipinski definition) is 2. The molecule has 0 aliphatic carbocycles. The van der Waals surface area contributed by atoms with E-state index in [0.29, 0.717) is 16.7 Å². The number of rotatable bonds is 5. The first-order valence-corrected chi connectivity index (χ1v) is 6.81. The highest BCUT2D eigenvalue weighted by atomic mass is 32.1. The zero-order valence-corrected chi connectivity index (χ0v) is 10.9. The van der Waals surface area contributed by atoms with Gasteiger partial charge in [-0.25, -0.2) is 0 Å². The summed E-state index contributed by atoms with van der Waals surface area (Å²) in [5.41, 5.74) is 0. The Morgan fingerprint density at radius 3 is 3.00 bits per heavy atom. The van der Waals surface area contributed by atoms with Crippen LogP contribution in [0, 0.1) is 0 Å². The molecule has 0 fully saturated rings. The molecule has 2 heterocycles. The van der Waals surface area contributed by atoms with Crippen LogP contribution in [0.5, 0.6) is 0 Å². The average Bonchev–Trinajstić information content (AvgIpc) is 2.99. The summed E-state index contributed by atoms with van der Waals surface area (Å²) in [7, 11) is 1.75. The van der Waals surface area contributed by atoms with Crippen molar-refractivity contribution in [1.82, 2.24) is 15.5 Å². The Bertz CT molecular complexity index is 480. The molecule has 2 aromatic rings. The maximum absolute atomic E-state index is 11.7. The van der Waals surface area contributed by atoms with Crippen molar-refractivity contribution < 1.29 is 4.79 Å². The fraction of sp³-hybridized carbons (Fsp3) is 0.300. The Hall–Kier alpha value is -1.47. The van der Waals surface area contributed by atoms with Crippen molar-refractivity contribution in [2.24, 2.45) is 0 Å². The van der Waals surface area contributed by atoms with Crippen molar-refractivity contribution in [1.29, 1.82) is 0 Å². The summed E-state index contributed by atoms with van der Waals surface area (Å²) in [6, 6.07) is 4.06. The van der Waals surface area contributed by atoms with Gasteiger partial charge in [0.15, 0.2) is 0 Å². The van der Waals surface area contributed by atoms with Gasteiger partial charge < -0.3 is 10.6 Å². The molecule has 2 N–H and O–H groups in total. The standard InChI is InChI=1S/C10H12N4OS2/c1-11-10-14-13-9(17-10)8(15)12-5-4-7-3-2-6-16-7/h2-3,6H,4-5H2,1H3,(H,11,14)(H,12,15). The first-order chi connectivity index (χ1) is 8.29. The van der Waals surface area contributed by atoms with E-state index in [9.17, 15) is 4.79 Å². The zero-order valence-electron chi connectivity index (χ0n) is 9.27. The number of aromatic nitrogens is 2. The molecule has 90 valence electrons. The Labute approximate surface area is 107 Å². The van der Waals surface area contributed by atoms with E-state index >= 15 is 0 Å². The van der Waals surface area contributed by atoms with Crippen molar-refractivity contribution in [2.45, 2.75) is 6.42 Å². The molecule has 0 bridgehead atoms. The molecule has 0 aromatic carbocycles. The number of nitrogens with zero attached hydrogens (tertiary/aromatic N) is 2. The molecule has 0 saturated heterocycles. The molecule has 0 atom stereocenters. The highest BCUT2D eigenvalue weighted by molar-refractivity contribution is 7.17. The predicted octanol–water partition coefficient (Wildman–Crippen LogP) is 1.61. The highest BCUT2D eigenvalue weighted by Gasteiger charge is 2.11. The minimum absolute atomic E-state index is 0.166. The number of thiophene rings is 1. The Kier molecular flexibility index (Phi) is 4.05. The van der Waals surface area contributed by atoms with E-state index in [1.807, 2.05) is 11.4 Å². The van der Waals surface area contributed by atoms with Crippen molar-refractivity contribution in [3.05, 3.63) is 27.4 Å². The third kappa shape index (κ3) is 3.24. The summed E-state index contributed by atoms with van der Waals surface area (Å²) in [5, 5.41) is 16.3. The number of amides is 1. The van der Waals surface area contributed by atoms with E-state index in [1.165, 1.54) is 16.2 Å². The second-order valence-corrected chi connectivity index (χ2v) is 5.26. The van der Waals surface area contributed by atoms with E-state index < -0.39 is 0 Å². The third-order valence-electron chi connectivity index (χ3n) is 2.07. The maximum atomic E-state index is 11.7. The van der Waals surface area contributed by atoms with E-state index in [4.69, 9.17) is 0 Å². The van der Waals surface area contributed by atoms with Gasteiger partial charge in [0.25, 0.3) is 5.91 Å². The van der Waals surface area contributed by atoms with Gasteiger partial charge >= 0.3 is 0 Å². The van der Waals surface area contributed by atoms with Crippen LogP contribution in [0.2, 0.25) is 0 Å². The lowest BCUT2D eigenvalue weighted by molar-refractivity contribution is 0.0953. The smallest absolute Gasteiger partial charge is 0.282 e. The topological polar surface area (TPSA) is 66.9 Å². The summed E-state index contributed by atoms with van der Waals surface area (Å²) in [6.07, 6.45) is 0.848. The quantitative estimate of drug-likeness (QED) is 0.864. The van der Waals surface area contributed by atoms with Crippen molar-refractivity contribution in [3.8, 4) is 0 Å². The van der Waals surface area contributed by atoms with Crippen molar-refractivity contribution in [3.63, 3.8) is 0 Å². The van der Waals surface area contributed by atoms with Crippen molar-refractivity contribution >= 4 is 33.7 Å². The number of hydrogen-bond acceptors (Lipinski definition) is 6. The molecule has 5 nitrogen and oxygen atoms in total. The van der Waals surface area contributed by atoms with Gasteiger partial charge in [-0.1, -0.05) is 17.4 Å². The first-order valence-electron chi connectivity index (χ1n) is 5.11. The van der Waals surface area contributed by atoms with Gasteiger partial charge in [-0.15, -0.1) is 21.5 Å². The average molecular weight is 268 g/mol. The SMILES string of the molecule is CNc1nnc(C(=O)NCCc2cccs2)s1. The fourth-order valence-corrected chi connectivity index (χ4v) is 2.57. The summed E-state index contributed by atoms with van der Waals surface area (Å²) in [4.78, 5) is 12.9. The number of nitrogens with one attached hydrogen (secondary N) is 2. The highest BCUT2D eigenvalue weighted by Crippen LogP contribution is 2.14. The molecule has 1 amide bonds. The monoisotopic (exact) mass is 268 g/mol. The lowest BCUT2D eigenvalue weighted by Crippen LogP contribution is -2.25.